The number of amides is 2. The van der Waals surface area contributed by atoms with E-state index >= 15 is 0 Å². The SMILES string of the molecule is CC(C)[C@H]1CN(C(=O)OC(C)(C)C)[C@H](C)CN1CC(=O)N1CCc2ccc(Br)cc21. The zero-order valence-electron chi connectivity index (χ0n) is 18.9. The maximum Gasteiger partial charge on any atom is 0.410 e. The lowest BCUT2D eigenvalue weighted by Crippen LogP contribution is -2.62. The molecule has 1 aromatic carbocycles. The topological polar surface area (TPSA) is 53.1 Å². The van der Waals surface area contributed by atoms with Gasteiger partial charge in [0.2, 0.25) is 5.91 Å². The molecule has 7 heteroatoms. The third-order valence-corrected chi connectivity index (χ3v) is 6.36. The van der Waals surface area contributed by atoms with Crippen LogP contribution in [-0.2, 0) is 16.0 Å². The third-order valence-electron chi connectivity index (χ3n) is 5.86. The quantitative estimate of drug-likeness (QED) is 0.648. The van der Waals surface area contributed by atoms with E-state index in [-0.39, 0.29) is 24.1 Å². The van der Waals surface area contributed by atoms with Gasteiger partial charge >= 0.3 is 6.09 Å². The Kier molecular flexibility index (Phi) is 6.82. The average molecular weight is 480 g/mol. The fourth-order valence-corrected chi connectivity index (χ4v) is 4.68. The van der Waals surface area contributed by atoms with Gasteiger partial charge in [-0.15, -0.1) is 0 Å². The summed E-state index contributed by atoms with van der Waals surface area (Å²) in [7, 11) is 0. The summed E-state index contributed by atoms with van der Waals surface area (Å²) in [5.41, 5.74) is 1.71. The second-order valence-corrected chi connectivity index (χ2v) is 10.7. The summed E-state index contributed by atoms with van der Waals surface area (Å²) < 4.78 is 6.60. The molecule has 0 bridgehead atoms. The van der Waals surface area contributed by atoms with Crippen molar-refractivity contribution in [1.29, 1.82) is 0 Å². The molecule has 30 heavy (non-hydrogen) atoms. The molecular weight excluding hydrogens is 446 g/mol. The van der Waals surface area contributed by atoms with Gasteiger partial charge in [0.05, 0.1) is 6.54 Å². The molecule has 0 aromatic heterocycles. The monoisotopic (exact) mass is 479 g/mol. The third kappa shape index (κ3) is 5.17. The van der Waals surface area contributed by atoms with Gasteiger partial charge in [0, 0.05) is 41.9 Å². The molecule has 2 atom stereocenters. The normalized spacial score (nSPS) is 22.4. The second-order valence-electron chi connectivity index (χ2n) is 9.79. The van der Waals surface area contributed by atoms with Crippen LogP contribution in [0.3, 0.4) is 0 Å². The van der Waals surface area contributed by atoms with Crippen LogP contribution in [0.25, 0.3) is 0 Å². The molecule has 0 aliphatic carbocycles. The Balaban J connectivity index is 1.71. The molecule has 0 N–H and O–H groups in total. The van der Waals surface area contributed by atoms with Gasteiger partial charge in [-0.05, 0) is 57.7 Å². The molecule has 2 aliphatic heterocycles. The first-order chi connectivity index (χ1) is 14.0. The van der Waals surface area contributed by atoms with Crippen LogP contribution in [0.4, 0.5) is 10.5 Å². The number of piperazine rings is 1. The lowest BCUT2D eigenvalue weighted by molar-refractivity contribution is -0.121. The van der Waals surface area contributed by atoms with Gasteiger partial charge in [0.25, 0.3) is 0 Å². The van der Waals surface area contributed by atoms with Gasteiger partial charge in [-0.25, -0.2) is 4.79 Å². The van der Waals surface area contributed by atoms with Gasteiger partial charge in [-0.3, -0.25) is 9.69 Å². The number of halogens is 1. The van der Waals surface area contributed by atoms with Crippen molar-refractivity contribution in [2.24, 2.45) is 5.92 Å². The summed E-state index contributed by atoms with van der Waals surface area (Å²) in [4.78, 5) is 31.9. The maximum atomic E-state index is 13.2. The van der Waals surface area contributed by atoms with Crippen LogP contribution in [-0.4, -0.2) is 65.7 Å². The summed E-state index contributed by atoms with van der Waals surface area (Å²) in [6, 6.07) is 6.25. The molecule has 2 aliphatic rings. The summed E-state index contributed by atoms with van der Waals surface area (Å²) >= 11 is 3.52. The lowest BCUT2D eigenvalue weighted by Gasteiger charge is -2.46. The van der Waals surface area contributed by atoms with E-state index in [0.29, 0.717) is 25.6 Å². The average Bonchev–Trinajstić information content (AvgIpc) is 3.03. The molecule has 6 nitrogen and oxygen atoms in total. The van der Waals surface area contributed by atoms with Crippen LogP contribution in [0.1, 0.15) is 47.1 Å². The molecule has 1 aromatic rings. The Morgan fingerprint density at radius 1 is 1.23 bits per heavy atom. The molecule has 0 spiro atoms. The van der Waals surface area contributed by atoms with E-state index < -0.39 is 5.60 Å². The highest BCUT2D eigenvalue weighted by Gasteiger charge is 2.39. The van der Waals surface area contributed by atoms with E-state index in [9.17, 15) is 9.59 Å². The number of carbonyl (C=O) groups excluding carboxylic acids is 2. The van der Waals surface area contributed by atoms with Gasteiger partial charge in [0.15, 0.2) is 0 Å². The molecule has 166 valence electrons. The molecule has 0 unspecified atom stereocenters. The number of ether oxygens (including phenoxy) is 1. The molecule has 0 radical (unpaired) electrons. The zero-order valence-corrected chi connectivity index (χ0v) is 20.5. The molecule has 1 saturated heterocycles. The van der Waals surface area contributed by atoms with Crippen molar-refractivity contribution in [3.8, 4) is 0 Å². The Morgan fingerprint density at radius 2 is 1.93 bits per heavy atom. The number of rotatable bonds is 3. The van der Waals surface area contributed by atoms with Crippen molar-refractivity contribution in [2.45, 2.75) is 65.6 Å². The van der Waals surface area contributed by atoms with Crippen molar-refractivity contribution in [3.63, 3.8) is 0 Å². The minimum absolute atomic E-state index is 0.0114. The number of benzene rings is 1. The Hall–Kier alpha value is -1.60. The molecule has 0 saturated carbocycles. The molecule has 2 amide bonds. The first-order valence-corrected chi connectivity index (χ1v) is 11.6. The van der Waals surface area contributed by atoms with Crippen LogP contribution in [0.2, 0.25) is 0 Å². The van der Waals surface area contributed by atoms with E-state index in [2.05, 4.69) is 40.7 Å². The van der Waals surface area contributed by atoms with E-state index in [0.717, 1.165) is 23.1 Å². The zero-order chi connectivity index (χ0) is 22.2. The van der Waals surface area contributed by atoms with Crippen LogP contribution < -0.4 is 4.90 Å². The molecule has 1 fully saturated rings. The summed E-state index contributed by atoms with van der Waals surface area (Å²) in [5.74, 6) is 0.436. The van der Waals surface area contributed by atoms with Crippen molar-refractivity contribution in [2.75, 3.05) is 31.1 Å². The Labute approximate surface area is 188 Å². The van der Waals surface area contributed by atoms with E-state index in [4.69, 9.17) is 4.74 Å². The fraction of sp³-hybridized carbons (Fsp3) is 0.652. The summed E-state index contributed by atoms with van der Waals surface area (Å²) in [5, 5.41) is 0. The molecule has 3 rings (SSSR count). The number of nitrogens with zero attached hydrogens (tertiary/aromatic N) is 3. The highest BCUT2D eigenvalue weighted by atomic mass is 79.9. The van der Waals surface area contributed by atoms with Crippen molar-refractivity contribution < 1.29 is 14.3 Å². The highest BCUT2D eigenvalue weighted by molar-refractivity contribution is 9.10. The standard InChI is InChI=1S/C23H34BrN3O3/c1-15(2)20-13-27(22(29)30-23(4,5)6)16(3)12-25(20)14-21(28)26-10-9-17-7-8-18(24)11-19(17)26/h7-8,11,15-16,20H,9-10,12-14H2,1-6H3/t16-,20-/m1/s1. The summed E-state index contributed by atoms with van der Waals surface area (Å²) in [6.07, 6.45) is 0.620. The fourth-order valence-electron chi connectivity index (χ4n) is 4.33. The van der Waals surface area contributed by atoms with Crippen molar-refractivity contribution in [3.05, 3.63) is 28.2 Å². The van der Waals surface area contributed by atoms with E-state index in [1.54, 1.807) is 0 Å². The Bertz CT molecular complexity index is 805. The predicted octanol–water partition coefficient (Wildman–Crippen LogP) is 4.30. The van der Waals surface area contributed by atoms with Crippen LogP contribution in [0, 0.1) is 5.92 Å². The van der Waals surface area contributed by atoms with Gasteiger partial charge in [-0.2, -0.15) is 0 Å². The maximum absolute atomic E-state index is 13.2. The van der Waals surface area contributed by atoms with Crippen LogP contribution in [0.5, 0.6) is 0 Å². The Morgan fingerprint density at radius 3 is 2.57 bits per heavy atom. The van der Waals surface area contributed by atoms with Crippen LogP contribution in [0.15, 0.2) is 22.7 Å². The highest BCUT2D eigenvalue weighted by Crippen LogP contribution is 2.31. The lowest BCUT2D eigenvalue weighted by atomic mass is 9.97. The van der Waals surface area contributed by atoms with Gasteiger partial charge < -0.3 is 14.5 Å². The van der Waals surface area contributed by atoms with Gasteiger partial charge in [-0.1, -0.05) is 35.8 Å². The second kappa shape index (κ2) is 8.87. The largest absolute Gasteiger partial charge is 0.444 e. The first kappa shape index (κ1) is 23.1. The summed E-state index contributed by atoms with van der Waals surface area (Å²) in [6.45, 7) is 14.3. The number of hydrogen-bond acceptors (Lipinski definition) is 4. The smallest absolute Gasteiger partial charge is 0.410 e. The van der Waals surface area contributed by atoms with Crippen molar-refractivity contribution >= 4 is 33.6 Å². The number of hydrogen-bond donors (Lipinski definition) is 0. The van der Waals surface area contributed by atoms with E-state index in [1.165, 1.54) is 5.56 Å². The van der Waals surface area contributed by atoms with Crippen molar-refractivity contribution in [1.82, 2.24) is 9.80 Å². The molecular formula is C23H34BrN3O3. The minimum Gasteiger partial charge on any atom is -0.444 e. The number of carbonyl (C=O) groups is 2. The van der Waals surface area contributed by atoms with Gasteiger partial charge in [0.1, 0.15) is 5.60 Å². The number of fused-ring (bicyclic) bond motifs is 1. The number of anilines is 1. The minimum atomic E-state index is -0.519. The van der Waals surface area contributed by atoms with E-state index in [1.807, 2.05) is 49.6 Å². The first-order valence-electron chi connectivity index (χ1n) is 10.8. The van der Waals surface area contributed by atoms with Crippen LogP contribution >= 0.6 is 15.9 Å². The predicted molar refractivity (Wildman–Crippen MR) is 123 cm³/mol. The molecule has 2 heterocycles.